The Morgan fingerprint density at radius 2 is 1.70 bits per heavy atom. The highest BCUT2D eigenvalue weighted by atomic mass is 32.2. The van der Waals surface area contributed by atoms with Gasteiger partial charge in [0, 0.05) is 50.1 Å². The summed E-state index contributed by atoms with van der Waals surface area (Å²) >= 11 is 1.31. The van der Waals surface area contributed by atoms with E-state index in [9.17, 15) is 22.8 Å². The van der Waals surface area contributed by atoms with Gasteiger partial charge < -0.3 is 19.9 Å². The fourth-order valence-corrected chi connectivity index (χ4v) is 7.20. The van der Waals surface area contributed by atoms with Crippen molar-refractivity contribution in [1.82, 2.24) is 14.1 Å². The number of anilines is 1. The van der Waals surface area contributed by atoms with Crippen molar-refractivity contribution < 1.29 is 27.5 Å². The number of nitrogens with zero attached hydrogens (tertiary/aromatic N) is 3. The van der Waals surface area contributed by atoms with Crippen molar-refractivity contribution in [2.75, 3.05) is 51.3 Å². The van der Waals surface area contributed by atoms with Gasteiger partial charge in [-0.25, -0.2) is 8.42 Å². The molecule has 1 aromatic carbocycles. The maximum Gasteiger partial charge on any atom is 0.257 e. The lowest BCUT2D eigenvalue weighted by atomic mass is 10.0. The molecular weight excluding hydrogens is 516 g/mol. The topological polar surface area (TPSA) is 116 Å². The van der Waals surface area contributed by atoms with Crippen molar-refractivity contribution in [3.63, 3.8) is 0 Å². The van der Waals surface area contributed by atoms with Crippen LogP contribution in [-0.2, 0) is 32.5 Å². The molecule has 0 bridgehead atoms. The lowest BCUT2D eigenvalue weighted by Gasteiger charge is -2.27. The first-order valence-corrected chi connectivity index (χ1v) is 14.6. The molecule has 37 heavy (non-hydrogen) atoms. The number of benzene rings is 1. The number of rotatable bonds is 7. The standard InChI is InChI=1S/C25H32N4O6S2/c1-4-27(5-2)25(32)22-20-10-11-28(17(3)30)16-21(20)36-24(22)26-23(31)18-6-8-19(9-7-18)37(33,34)29-12-14-35-15-13-29/h6-9H,4-5,10-16H2,1-3H3,(H,26,31). The van der Waals surface area contributed by atoms with Crippen LogP contribution in [-0.4, -0.2) is 86.2 Å². The van der Waals surface area contributed by atoms with E-state index in [0.29, 0.717) is 56.4 Å². The number of amides is 3. The second-order valence-corrected chi connectivity index (χ2v) is 11.9. The fraction of sp³-hybridized carbons (Fsp3) is 0.480. The molecule has 200 valence electrons. The van der Waals surface area contributed by atoms with Crippen LogP contribution < -0.4 is 5.32 Å². The number of carbonyl (C=O) groups is 3. The Bertz CT molecular complexity index is 1280. The van der Waals surface area contributed by atoms with Crippen LogP contribution in [0.2, 0.25) is 0 Å². The zero-order valence-electron chi connectivity index (χ0n) is 21.3. The number of hydrogen-bond acceptors (Lipinski definition) is 7. The molecule has 2 aliphatic rings. The number of nitrogens with one attached hydrogen (secondary N) is 1. The lowest BCUT2D eigenvalue weighted by molar-refractivity contribution is -0.129. The average Bonchev–Trinajstić information content (AvgIpc) is 3.26. The molecule has 0 spiro atoms. The summed E-state index contributed by atoms with van der Waals surface area (Å²) in [4.78, 5) is 43.0. The van der Waals surface area contributed by atoms with Crippen LogP contribution in [0.1, 0.15) is 51.9 Å². The van der Waals surface area contributed by atoms with E-state index in [4.69, 9.17) is 4.74 Å². The maximum atomic E-state index is 13.4. The predicted molar refractivity (Wildman–Crippen MR) is 140 cm³/mol. The van der Waals surface area contributed by atoms with Gasteiger partial charge in [0.15, 0.2) is 0 Å². The van der Waals surface area contributed by atoms with Gasteiger partial charge in [-0.15, -0.1) is 11.3 Å². The molecule has 0 atom stereocenters. The third-order valence-electron chi connectivity index (χ3n) is 6.72. The molecule has 10 nitrogen and oxygen atoms in total. The highest BCUT2D eigenvalue weighted by Gasteiger charge is 2.31. The van der Waals surface area contributed by atoms with Crippen LogP contribution in [0, 0.1) is 0 Å². The minimum absolute atomic E-state index is 0.0339. The van der Waals surface area contributed by atoms with Gasteiger partial charge in [-0.2, -0.15) is 4.31 Å². The van der Waals surface area contributed by atoms with Gasteiger partial charge in [0.2, 0.25) is 15.9 Å². The molecule has 1 N–H and O–H groups in total. The fourth-order valence-electron chi connectivity index (χ4n) is 4.55. The average molecular weight is 549 g/mol. The van der Waals surface area contributed by atoms with Crippen LogP contribution in [0.15, 0.2) is 29.2 Å². The largest absolute Gasteiger partial charge is 0.379 e. The predicted octanol–water partition coefficient (Wildman–Crippen LogP) is 2.41. The molecule has 2 aliphatic heterocycles. The van der Waals surface area contributed by atoms with Gasteiger partial charge in [-0.05, 0) is 50.1 Å². The first kappa shape index (κ1) is 27.2. The summed E-state index contributed by atoms with van der Waals surface area (Å²) in [6.45, 7) is 8.60. The maximum absolute atomic E-state index is 13.4. The minimum Gasteiger partial charge on any atom is -0.379 e. The van der Waals surface area contributed by atoms with Crippen LogP contribution in [0.25, 0.3) is 0 Å². The zero-order chi connectivity index (χ0) is 26.7. The minimum atomic E-state index is -3.67. The Morgan fingerprint density at radius 1 is 1.05 bits per heavy atom. The molecule has 0 unspecified atom stereocenters. The summed E-state index contributed by atoms with van der Waals surface area (Å²) in [5, 5.41) is 3.33. The van der Waals surface area contributed by atoms with E-state index in [1.807, 2.05) is 13.8 Å². The first-order valence-electron chi connectivity index (χ1n) is 12.4. The first-order chi connectivity index (χ1) is 17.7. The molecule has 0 saturated carbocycles. The monoisotopic (exact) mass is 548 g/mol. The van der Waals surface area contributed by atoms with Crippen LogP contribution in [0.3, 0.4) is 0 Å². The Balaban J connectivity index is 1.60. The summed E-state index contributed by atoms with van der Waals surface area (Å²) in [6, 6.07) is 5.79. The molecule has 3 amide bonds. The van der Waals surface area contributed by atoms with Crippen LogP contribution in [0.4, 0.5) is 5.00 Å². The van der Waals surface area contributed by atoms with Gasteiger partial charge in [0.05, 0.1) is 30.2 Å². The van der Waals surface area contributed by atoms with Crippen molar-refractivity contribution in [3.05, 3.63) is 45.8 Å². The molecule has 12 heteroatoms. The Morgan fingerprint density at radius 3 is 2.30 bits per heavy atom. The smallest absolute Gasteiger partial charge is 0.257 e. The van der Waals surface area contributed by atoms with Gasteiger partial charge in [-0.3, -0.25) is 14.4 Å². The van der Waals surface area contributed by atoms with Gasteiger partial charge >= 0.3 is 0 Å². The van der Waals surface area contributed by atoms with Crippen LogP contribution >= 0.6 is 11.3 Å². The SMILES string of the molecule is CCN(CC)C(=O)c1c(NC(=O)c2ccc(S(=O)(=O)N3CCOCC3)cc2)sc2c1CCN(C(C)=O)C2. The molecule has 1 saturated heterocycles. The summed E-state index contributed by atoms with van der Waals surface area (Å²) in [5.74, 6) is -0.625. The normalized spacial score (nSPS) is 16.2. The van der Waals surface area contributed by atoms with Gasteiger partial charge in [0.25, 0.3) is 11.8 Å². The number of morpholine rings is 1. The third kappa shape index (κ3) is 5.57. The second-order valence-electron chi connectivity index (χ2n) is 8.87. The van der Waals surface area contributed by atoms with Crippen molar-refractivity contribution in [2.45, 2.75) is 38.6 Å². The van der Waals surface area contributed by atoms with Crippen molar-refractivity contribution in [1.29, 1.82) is 0 Å². The highest BCUT2D eigenvalue weighted by molar-refractivity contribution is 7.89. The molecular formula is C25H32N4O6S2. The molecule has 1 fully saturated rings. The van der Waals surface area contributed by atoms with E-state index in [2.05, 4.69) is 5.32 Å². The Hall–Kier alpha value is -2.80. The lowest BCUT2D eigenvalue weighted by Crippen LogP contribution is -2.40. The summed E-state index contributed by atoms with van der Waals surface area (Å²) in [7, 11) is -3.67. The van der Waals surface area contributed by atoms with E-state index < -0.39 is 15.9 Å². The van der Waals surface area contributed by atoms with Crippen molar-refractivity contribution >= 4 is 44.1 Å². The Kier molecular flexibility index (Phi) is 8.32. The van der Waals surface area contributed by atoms with Gasteiger partial charge in [0.1, 0.15) is 5.00 Å². The summed E-state index contributed by atoms with van der Waals surface area (Å²) in [6.07, 6.45) is 0.539. The number of sulfonamides is 1. The second kappa shape index (κ2) is 11.3. The van der Waals surface area contributed by atoms with E-state index >= 15 is 0 Å². The molecule has 4 rings (SSSR count). The third-order valence-corrected chi connectivity index (χ3v) is 9.76. The van der Waals surface area contributed by atoms with Crippen molar-refractivity contribution in [3.8, 4) is 0 Å². The summed E-state index contributed by atoms with van der Waals surface area (Å²) in [5.41, 5.74) is 1.63. The number of carbonyl (C=O) groups excluding carboxylic acids is 3. The quantitative estimate of drug-likeness (QED) is 0.568. The van der Waals surface area contributed by atoms with Gasteiger partial charge in [-0.1, -0.05) is 0 Å². The Labute approximate surface area is 221 Å². The molecule has 3 heterocycles. The molecule has 0 aliphatic carbocycles. The molecule has 1 aromatic heterocycles. The van der Waals surface area contributed by atoms with E-state index in [-0.39, 0.29) is 35.4 Å². The molecule has 0 radical (unpaired) electrons. The van der Waals surface area contributed by atoms with E-state index in [0.717, 1.165) is 10.4 Å². The van der Waals surface area contributed by atoms with E-state index in [1.54, 1.807) is 9.80 Å². The number of ether oxygens (including phenoxy) is 1. The number of thiophene rings is 1. The number of fused-ring (bicyclic) bond motifs is 1. The number of hydrogen-bond donors (Lipinski definition) is 1. The summed E-state index contributed by atoms with van der Waals surface area (Å²) < 4.78 is 32.4. The van der Waals surface area contributed by atoms with Crippen molar-refractivity contribution in [2.24, 2.45) is 0 Å². The molecule has 2 aromatic rings. The van der Waals surface area contributed by atoms with E-state index in [1.165, 1.54) is 46.8 Å². The zero-order valence-corrected chi connectivity index (χ0v) is 22.9. The highest BCUT2D eigenvalue weighted by Crippen LogP contribution is 2.38. The van der Waals surface area contributed by atoms with Crippen LogP contribution in [0.5, 0.6) is 0 Å².